The van der Waals surface area contributed by atoms with E-state index in [-0.39, 0.29) is 28.4 Å². The van der Waals surface area contributed by atoms with E-state index in [2.05, 4.69) is 10.6 Å². The summed E-state index contributed by atoms with van der Waals surface area (Å²) in [6, 6.07) is 18.2. The first-order valence-corrected chi connectivity index (χ1v) is 12.1. The molecule has 9 nitrogen and oxygen atoms in total. The lowest BCUT2D eigenvalue weighted by molar-refractivity contribution is -0.120. The van der Waals surface area contributed by atoms with Crippen LogP contribution in [0.1, 0.15) is 24.2 Å². The largest absolute Gasteiger partial charge is 0.497 e. The topological polar surface area (TPSA) is 106 Å². The normalized spacial score (nSPS) is 13.2. The Bertz CT molecular complexity index is 1420. The van der Waals surface area contributed by atoms with Gasteiger partial charge in [-0.05, 0) is 68.4 Å². The third-order valence-corrected chi connectivity index (χ3v) is 5.88. The average molecular weight is 536 g/mol. The maximum Gasteiger partial charge on any atom is 0.283 e. The molecule has 0 aliphatic carbocycles. The zero-order chi connectivity index (χ0) is 27.4. The SMILES string of the molecule is COc1ccc(OC)c(N2C(=O)C(Cl)=C(Nc3cccc(C(=O)Nc4ccc(OC(C)C)cc4)c3)C2=O)c1. The number of halogens is 1. The first-order chi connectivity index (χ1) is 18.2. The van der Waals surface area contributed by atoms with Crippen LogP contribution < -0.4 is 29.7 Å². The predicted octanol–water partition coefficient (Wildman–Crippen LogP) is 5.18. The monoisotopic (exact) mass is 535 g/mol. The Morgan fingerprint density at radius 1 is 0.868 bits per heavy atom. The van der Waals surface area contributed by atoms with Crippen LogP contribution in [0.2, 0.25) is 0 Å². The van der Waals surface area contributed by atoms with E-state index in [0.29, 0.717) is 34.2 Å². The molecule has 1 aliphatic rings. The fraction of sp³-hybridized carbons (Fsp3) is 0.179. The molecule has 0 fully saturated rings. The van der Waals surface area contributed by atoms with Crippen LogP contribution in [-0.4, -0.2) is 38.0 Å². The number of nitrogens with one attached hydrogen (secondary N) is 2. The Balaban J connectivity index is 1.52. The number of carbonyl (C=O) groups excluding carboxylic acids is 3. The van der Waals surface area contributed by atoms with Gasteiger partial charge in [0, 0.05) is 23.0 Å². The molecule has 196 valence electrons. The van der Waals surface area contributed by atoms with Crippen molar-refractivity contribution in [2.45, 2.75) is 20.0 Å². The standard InChI is InChI=1S/C28H26ClN3O6/c1-16(2)38-20-10-8-18(9-11-20)31-26(33)17-6-5-7-19(14-17)30-25-24(29)27(34)32(28(25)35)22-15-21(36-3)12-13-23(22)37-4/h5-16,30H,1-4H3,(H,31,33). The van der Waals surface area contributed by atoms with Gasteiger partial charge in [-0.1, -0.05) is 17.7 Å². The summed E-state index contributed by atoms with van der Waals surface area (Å²) in [6.45, 7) is 3.87. The van der Waals surface area contributed by atoms with Crippen molar-refractivity contribution < 1.29 is 28.6 Å². The lowest BCUT2D eigenvalue weighted by atomic mass is 10.1. The molecule has 3 aromatic carbocycles. The number of carbonyl (C=O) groups is 3. The lowest BCUT2D eigenvalue weighted by Gasteiger charge is -2.19. The first-order valence-electron chi connectivity index (χ1n) is 11.7. The molecule has 10 heteroatoms. The van der Waals surface area contributed by atoms with Gasteiger partial charge in [0.2, 0.25) is 0 Å². The molecule has 4 rings (SSSR count). The van der Waals surface area contributed by atoms with Crippen LogP contribution in [0.3, 0.4) is 0 Å². The minimum atomic E-state index is -0.718. The highest BCUT2D eigenvalue weighted by molar-refractivity contribution is 6.53. The van der Waals surface area contributed by atoms with Crippen molar-refractivity contribution >= 4 is 46.4 Å². The van der Waals surface area contributed by atoms with Crippen LogP contribution in [0, 0.1) is 0 Å². The molecule has 0 atom stereocenters. The summed E-state index contributed by atoms with van der Waals surface area (Å²) in [7, 11) is 2.89. The number of anilines is 3. The lowest BCUT2D eigenvalue weighted by Crippen LogP contribution is -2.32. The van der Waals surface area contributed by atoms with Crippen LogP contribution in [0.5, 0.6) is 17.2 Å². The van der Waals surface area contributed by atoms with Crippen LogP contribution in [0.4, 0.5) is 17.1 Å². The second-order valence-electron chi connectivity index (χ2n) is 8.52. The molecular weight excluding hydrogens is 510 g/mol. The molecule has 2 N–H and O–H groups in total. The summed E-state index contributed by atoms with van der Waals surface area (Å²) in [5, 5.41) is 5.42. The third kappa shape index (κ3) is 5.57. The van der Waals surface area contributed by atoms with Crippen molar-refractivity contribution in [3.05, 3.63) is 83.0 Å². The number of hydrogen-bond donors (Lipinski definition) is 2. The molecule has 38 heavy (non-hydrogen) atoms. The van der Waals surface area contributed by atoms with Crippen molar-refractivity contribution in [2.75, 3.05) is 29.8 Å². The van der Waals surface area contributed by atoms with Crippen molar-refractivity contribution in [3.63, 3.8) is 0 Å². The van der Waals surface area contributed by atoms with Gasteiger partial charge < -0.3 is 24.8 Å². The van der Waals surface area contributed by atoms with Crippen molar-refractivity contribution in [2.24, 2.45) is 0 Å². The van der Waals surface area contributed by atoms with Gasteiger partial charge >= 0.3 is 0 Å². The molecule has 3 aromatic rings. The van der Waals surface area contributed by atoms with Gasteiger partial charge in [0.05, 0.1) is 26.0 Å². The van der Waals surface area contributed by atoms with Gasteiger partial charge in [0.15, 0.2) is 0 Å². The van der Waals surface area contributed by atoms with Gasteiger partial charge in [0.1, 0.15) is 28.0 Å². The molecule has 0 radical (unpaired) electrons. The van der Waals surface area contributed by atoms with E-state index in [9.17, 15) is 14.4 Å². The van der Waals surface area contributed by atoms with Crippen molar-refractivity contribution in [1.29, 1.82) is 0 Å². The molecule has 0 unspecified atom stereocenters. The number of imide groups is 1. The van der Waals surface area contributed by atoms with E-state index < -0.39 is 11.8 Å². The Morgan fingerprint density at radius 3 is 2.24 bits per heavy atom. The number of nitrogens with zero attached hydrogens (tertiary/aromatic N) is 1. The quantitative estimate of drug-likeness (QED) is 0.364. The third-order valence-electron chi connectivity index (χ3n) is 5.53. The minimum Gasteiger partial charge on any atom is -0.497 e. The second kappa shape index (κ2) is 11.3. The number of methoxy groups -OCH3 is 2. The Labute approximate surface area is 224 Å². The summed E-state index contributed by atoms with van der Waals surface area (Å²) in [4.78, 5) is 40.0. The van der Waals surface area contributed by atoms with E-state index in [0.717, 1.165) is 4.90 Å². The molecule has 0 saturated carbocycles. The maximum absolute atomic E-state index is 13.3. The Kier molecular flexibility index (Phi) is 7.87. The predicted molar refractivity (Wildman–Crippen MR) is 145 cm³/mol. The fourth-order valence-corrected chi connectivity index (χ4v) is 3.99. The molecule has 1 heterocycles. The fourth-order valence-electron chi connectivity index (χ4n) is 3.78. The van der Waals surface area contributed by atoms with E-state index in [4.69, 9.17) is 25.8 Å². The van der Waals surface area contributed by atoms with Gasteiger partial charge in [-0.15, -0.1) is 0 Å². The van der Waals surface area contributed by atoms with E-state index in [1.54, 1.807) is 60.7 Å². The highest BCUT2D eigenvalue weighted by Crippen LogP contribution is 2.38. The van der Waals surface area contributed by atoms with Gasteiger partial charge in [0.25, 0.3) is 17.7 Å². The van der Waals surface area contributed by atoms with Crippen molar-refractivity contribution in [1.82, 2.24) is 0 Å². The highest BCUT2D eigenvalue weighted by Gasteiger charge is 2.40. The molecule has 0 spiro atoms. The van der Waals surface area contributed by atoms with Crippen molar-refractivity contribution in [3.8, 4) is 17.2 Å². The maximum atomic E-state index is 13.3. The van der Waals surface area contributed by atoms with Gasteiger partial charge in [-0.25, -0.2) is 4.90 Å². The van der Waals surface area contributed by atoms with Crippen LogP contribution >= 0.6 is 11.6 Å². The highest BCUT2D eigenvalue weighted by atomic mass is 35.5. The van der Waals surface area contributed by atoms with Crippen LogP contribution in [-0.2, 0) is 9.59 Å². The zero-order valence-electron chi connectivity index (χ0n) is 21.2. The van der Waals surface area contributed by atoms with E-state index in [1.807, 2.05) is 13.8 Å². The average Bonchev–Trinajstić information content (AvgIpc) is 3.12. The molecule has 0 saturated heterocycles. The number of rotatable bonds is 9. The summed E-state index contributed by atoms with van der Waals surface area (Å²) in [6.07, 6.45) is 0.0426. The summed E-state index contributed by atoms with van der Waals surface area (Å²) in [5.74, 6) is -0.330. The molecule has 3 amide bonds. The number of ether oxygens (including phenoxy) is 3. The Hall–Kier alpha value is -4.50. The second-order valence-corrected chi connectivity index (χ2v) is 8.90. The number of hydrogen-bond acceptors (Lipinski definition) is 7. The smallest absolute Gasteiger partial charge is 0.283 e. The number of amides is 3. The number of benzene rings is 3. The first kappa shape index (κ1) is 26.6. The molecule has 0 aromatic heterocycles. The zero-order valence-corrected chi connectivity index (χ0v) is 22.0. The summed E-state index contributed by atoms with van der Waals surface area (Å²) >= 11 is 6.28. The molecule has 0 bridgehead atoms. The van der Waals surface area contributed by atoms with Gasteiger partial charge in [-0.2, -0.15) is 0 Å². The molecule has 1 aliphatic heterocycles. The summed E-state index contributed by atoms with van der Waals surface area (Å²) < 4.78 is 16.2. The van der Waals surface area contributed by atoms with Crippen LogP contribution in [0.25, 0.3) is 0 Å². The van der Waals surface area contributed by atoms with E-state index in [1.165, 1.54) is 20.3 Å². The van der Waals surface area contributed by atoms with Crippen LogP contribution in [0.15, 0.2) is 77.5 Å². The van der Waals surface area contributed by atoms with Gasteiger partial charge in [-0.3, -0.25) is 14.4 Å². The van der Waals surface area contributed by atoms with E-state index >= 15 is 0 Å². The molecular formula is C28H26ClN3O6. The summed E-state index contributed by atoms with van der Waals surface area (Å²) in [5.41, 5.74) is 1.38. The minimum absolute atomic E-state index is 0.0426. The Morgan fingerprint density at radius 2 is 1.58 bits per heavy atom.